The minimum absolute atomic E-state index is 0.583. The highest BCUT2D eigenvalue weighted by Crippen LogP contribution is 2.39. The van der Waals surface area contributed by atoms with Gasteiger partial charge in [0.1, 0.15) is 0 Å². The van der Waals surface area contributed by atoms with Crippen LogP contribution in [0.3, 0.4) is 0 Å². The Balaban J connectivity index is 4.87. The molecule has 0 saturated heterocycles. The lowest BCUT2D eigenvalue weighted by atomic mass is 9.73. The molecule has 172 valence electrons. The second-order valence-electron chi connectivity index (χ2n) is 9.15. The highest BCUT2D eigenvalue weighted by Gasteiger charge is 2.38. The fourth-order valence-electron chi connectivity index (χ4n) is 4.56. The normalized spacial score (nSPS) is 12.3. The first-order chi connectivity index (χ1) is 13.8. The quantitative estimate of drug-likeness (QED) is 0.200. The fraction of sp³-hybridized carbons (Fsp3) is 0.920. The third kappa shape index (κ3) is 10.00. The highest BCUT2D eigenvalue weighted by molar-refractivity contribution is 5.75. The fourth-order valence-corrected chi connectivity index (χ4v) is 4.56. The van der Waals surface area contributed by atoms with Crippen molar-refractivity contribution >= 4 is 11.9 Å². The summed E-state index contributed by atoms with van der Waals surface area (Å²) in [6.07, 6.45) is 15.2. The SMILES string of the molecule is CCCCC(CCCC)(CCCCCC(CCCC)(CCCC)C(=O)O)C(=O)O. The predicted molar refractivity (Wildman–Crippen MR) is 121 cm³/mol. The molecule has 0 bridgehead atoms. The summed E-state index contributed by atoms with van der Waals surface area (Å²) in [5, 5.41) is 19.9. The van der Waals surface area contributed by atoms with Crippen molar-refractivity contribution in [1.29, 1.82) is 0 Å². The van der Waals surface area contributed by atoms with Crippen molar-refractivity contribution in [2.75, 3.05) is 0 Å². The first-order valence-electron chi connectivity index (χ1n) is 12.3. The van der Waals surface area contributed by atoms with Crippen LogP contribution in [-0.4, -0.2) is 22.2 Å². The molecule has 0 amide bonds. The molecule has 0 aromatic heterocycles. The maximum absolute atomic E-state index is 12.1. The number of carbonyl (C=O) groups is 2. The zero-order valence-electron chi connectivity index (χ0n) is 19.7. The first-order valence-corrected chi connectivity index (χ1v) is 12.3. The third-order valence-electron chi connectivity index (χ3n) is 6.75. The Morgan fingerprint density at radius 3 is 0.931 bits per heavy atom. The number of unbranched alkanes of at least 4 members (excludes halogenated alkanes) is 6. The molecule has 29 heavy (non-hydrogen) atoms. The molecule has 0 heterocycles. The van der Waals surface area contributed by atoms with E-state index >= 15 is 0 Å². The molecular formula is C25H48O4. The Kier molecular flexibility index (Phi) is 15.2. The molecule has 0 aliphatic heterocycles. The largest absolute Gasteiger partial charge is 0.481 e. The van der Waals surface area contributed by atoms with Gasteiger partial charge in [-0.25, -0.2) is 0 Å². The number of rotatable bonds is 20. The van der Waals surface area contributed by atoms with Crippen LogP contribution >= 0.6 is 0 Å². The first kappa shape index (κ1) is 27.9. The average molecular weight is 413 g/mol. The smallest absolute Gasteiger partial charge is 0.309 e. The molecule has 0 saturated carbocycles. The summed E-state index contributed by atoms with van der Waals surface area (Å²) >= 11 is 0. The molecule has 0 radical (unpaired) electrons. The van der Waals surface area contributed by atoms with Crippen LogP contribution in [0.1, 0.15) is 137 Å². The number of hydrogen-bond donors (Lipinski definition) is 2. The van der Waals surface area contributed by atoms with E-state index in [1.165, 1.54) is 0 Å². The highest BCUT2D eigenvalue weighted by atomic mass is 16.4. The van der Waals surface area contributed by atoms with Crippen molar-refractivity contribution in [3.63, 3.8) is 0 Å². The van der Waals surface area contributed by atoms with Crippen LogP contribution in [0.5, 0.6) is 0 Å². The molecule has 0 aliphatic rings. The van der Waals surface area contributed by atoms with Crippen LogP contribution in [0.15, 0.2) is 0 Å². The second kappa shape index (κ2) is 15.7. The van der Waals surface area contributed by atoms with Gasteiger partial charge in [-0.1, -0.05) is 98.3 Å². The van der Waals surface area contributed by atoms with E-state index in [2.05, 4.69) is 27.7 Å². The monoisotopic (exact) mass is 412 g/mol. The predicted octanol–water partition coefficient (Wildman–Crippen LogP) is 7.84. The maximum atomic E-state index is 12.1. The Bertz CT molecular complexity index is 388. The lowest BCUT2D eigenvalue weighted by Crippen LogP contribution is -2.32. The molecule has 2 N–H and O–H groups in total. The molecule has 4 nitrogen and oxygen atoms in total. The summed E-state index contributed by atoms with van der Waals surface area (Å²) in [5.74, 6) is -1.27. The van der Waals surface area contributed by atoms with Crippen molar-refractivity contribution < 1.29 is 19.8 Å². The molecule has 4 heteroatoms. The topological polar surface area (TPSA) is 74.6 Å². The van der Waals surface area contributed by atoms with Gasteiger partial charge >= 0.3 is 11.9 Å². The van der Waals surface area contributed by atoms with E-state index in [9.17, 15) is 19.8 Å². The van der Waals surface area contributed by atoms with Crippen molar-refractivity contribution in [3.05, 3.63) is 0 Å². The van der Waals surface area contributed by atoms with Crippen LogP contribution in [0.4, 0.5) is 0 Å². The molecule has 0 unspecified atom stereocenters. The molecule has 0 atom stereocenters. The van der Waals surface area contributed by atoms with Gasteiger partial charge in [0.15, 0.2) is 0 Å². The van der Waals surface area contributed by atoms with E-state index < -0.39 is 22.8 Å². The van der Waals surface area contributed by atoms with E-state index in [4.69, 9.17) is 0 Å². The van der Waals surface area contributed by atoms with E-state index in [1.807, 2.05) is 0 Å². The van der Waals surface area contributed by atoms with Gasteiger partial charge in [-0.15, -0.1) is 0 Å². The van der Waals surface area contributed by atoms with Gasteiger partial charge in [0, 0.05) is 0 Å². The molecular weight excluding hydrogens is 364 g/mol. The summed E-state index contributed by atoms with van der Waals surface area (Å²) in [6, 6.07) is 0. The van der Waals surface area contributed by atoms with Crippen molar-refractivity contribution in [3.8, 4) is 0 Å². The lowest BCUT2D eigenvalue weighted by molar-refractivity contribution is -0.151. The third-order valence-corrected chi connectivity index (χ3v) is 6.75. The van der Waals surface area contributed by atoms with Gasteiger partial charge in [-0.05, 0) is 38.5 Å². The van der Waals surface area contributed by atoms with Crippen LogP contribution in [-0.2, 0) is 9.59 Å². The van der Waals surface area contributed by atoms with Gasteiger partial charge in [0.2, 0.25) is 0 Å². The second-order valence-corrected chi connectivity index (χ2v) is 9.15. The summed E-state index contributed by atoms with van der Waals surface area (Å²) in [4.78, 5) is 24.2. The molecule has 0 aromatic carbocycles. The molecule has 0 aliphatic carbocycles. The number of carboxylic acid groups (broad SMARTS) is 2. The Hall–Kier alpha value is -1.06. The average Bonchev–Trinajstić information content (AvgIpc) is 2.70. The lowest BCUT2D eigenvalue weighted by Gasteiger charge is -2.31. The van der Waals surface area contributed by atoms with Crippen LogP contribution in [0.2, 0.25) is 0 Å². The van der Waals surface area contributed by atoms with Crippen molar-refractivity contribution in [2.24, 2.45) is 10.8 Å². The van der Waals surface area contributed by atoms with Gasteiger partial charge in [0.05, 0.1) is 10.8 Å². The zero-order chi connectivity index (χ0) is 22.2. The van der Waals surface area contributed by atoms with Crippen LogP contribution in [0.25, 0.3) is 0 Å². The van der Waals surface area contributed by atoms with Crippen molar-refractivity contribution in [1.82, 2.24) is 0 Å². The standard InChI is InChI=1S/C25H48O4/c1-5-9-16-24(22(26)27,17-10-6-2)20-14-13-15-21-25(23(28)29,18-11-7-3)19-12-8-4/h5-21H2,1-4H3,(H,26,27)(H,28,29). The summed E-state index contributed by atoms with van der Waals surface area (Å²) in [7, 11) is 0. The minimum atomic E-state index is -0.634. The summed E-state index contributed by atoms with van der Waals surface area (Å²) in [5.41, 5.74) is -1.17. The Labute approximate surface area is 179 Å². The summed E-state index contributed by atoms with van der Waals surface area (Å²) in [6.45, 7) is 8.46. The van der Waals surface area contributed by atoms with E-state index in [1.54, 1.807) is 0 Å². The van der Waals surface area contributed by atoms with Gasteiger partial charge in [-0.3, -0.25) is 9.59 Å². The number of hydrogen-bond acceptors (Lipinski definition) is 2. The van der Waals surface area contributed by atoms with Gasteiger partial charge in [-0.2, -0.15) is 0 Å². The molecule has 0 spiro atoms. The number of aliphatic carboxylic acids is 2. The molecule has 0 fully saturated rings. The van der Waals surface area contributed by atoms with Crippen molar-refractivity contribution in [2.45, 2.75) is 137 Å². The minimum Gasteiger partial charge on any atom is -0.481 e. The van der Waals surface area contributed by atoms with E-state index in [0.29, 0.717) is 0 Å². The van der Waals surface area contributed by atoms with E-state index in [-0.39, 0.29) is 0 Å². The van der Waals surface area contributed by atoms with Gasteiger partial charge in [0.25, 0.3) is 0 Å². The van der Waals surface area contributed by atoms with Crippen LogP contribution < -0.4 is 0 Å². The van der Waals surface area contributed by atoms with Gasteiger partial charge < -0.3 is 10.2 Å². The number of carboxylic acids is 2. The summed E-state index contributed by atoms with van der Waals surface area (Å²) < 4.78 is 0. The zero-order valence-corrected chi connectivity index (χ0v) is 19.7. The Morgan fingerprint density at radius 2 is 0.724 bits per heavy atom. The molecule has 0 rings (SSSR count). The Morgan fingerprint density at radius 1 is 0.483 bits per heavy atom. The van der Waals surface area contributed by atoms with Crippen LogP contribution in [0, 0.1) is 10.8 Å². The maximum Gasteiger partial charge on any atom is 0.309 e. The molecule has 0 aromatic rings. The van der Waals surface area contributed by atoms with E-state index in [0.717, 1.165) is 109 Å².